The van der Waals surface area contributed by atoms with Crippen molar-refractivity contribution >= 4 is 17.4 Å². The Bertz CT molecular complexity index is 640. The maximum atomic E-state index is 12.1. The lowest BCUT2D eigenvalue weighted by molar-refractivity contribution is -0.127. The Kier molecular flexibility index (Phi) is 6.35. The molecule has 1 aromatic heterocycles. The van der Waals surface area contributed by atoms with Crippen LogP contribution in [0, 0.1) is 6.92 Å². The molecule has 0 aliphatic carbocycles. The molecule has 2 aromatic rings. The zero-order chi connectivity index (χ0) is 16.7. The van der Waals surface area contributed by atoms with Gasteiger partial charge in [-0.1, -0.05) is 25.6 Å². The van der Waals surface area contributed by atoms with E-state index < -0.39 is 0 Å². The molecule has 122 valence electrons. The number of nitrogens with zero attached hydrogens (tertiary/aromatic N) is 2. The second-order valence-electron chi connectivity index (χ2n) is 5.42. The topological polar surface area (TPSA) is 42.4 Å². The van der Waals surface area contributed by atoms with E-state index >= 15 is 0 Å². The molecule has 0 bridgehead atoms. The highest BCUT2D eigenvalue weighted by molar-refractivity contribution is 7.03. The van der Waals surface area contributed by atoms with E-state index in [0.29, 0.717) is 13.1 Å². The third kappa shape index (κ3) is 5.21. The third-order valence-corrected chi connectivity index (χ3v) is 4.15. The number of benzene rings is 1. The lowest BCUT2D eigenvalue weighted by Crippen LogP contribution is -2.38. The van der Waals surface area contributed by atoms with Crippen LogP contribution in [0.2, 0.25) is 0 Å². The predicted octanol–water partition coefficient (Wildman–Crippen LogP) is 3.82. The molecule has 0 aliphatic heterocycles. The first-order valence-electron chi connectivity index (χ1n) is 7.65. The number of aromatic nitrogens is 1. The minimum Gasteiger partial charge on any atom is -0.489 e. The highest BCUT2D eigenvalue weighted by Gasteiger charge is 2.18. The minimum atomic E-state index is -0.0949. The zero-order valence-electron chi connectivity index (χ0n) is 13.6. The largest absolute Gasteiger partial charge is 0.489 e. The first-order chi connectivity index (χ1) is 11.1. The Morgan fingerprint density at radius 2 is 2.35 bits per heavy atom. The van der Waals surface area contributed by atoms with Crippen LogP contribution in [0.1, 0.15) is 24.5 Å². The molecular weight excluding hydrogens is 308 g/mol. The number of aryl methyl sites for hydroxylation is 1. The monoisotopic (exact) mass is 330 g/mol. The molecule has 1 aromatic carbocycles. The Labute approximate surface area is 141 Å². The first-order valence-corrected chi connectivity index (χ1v) is 8.49. The van der Waals surface area contributed by atoms with Crippen LogP contribution >= 0.6 is 11.5 Å². The van der Waals surface area contributed by atoms with Gasteiger partial charge >= 0.3 is 0 Å². The van der Waals surface area contributed by atoms with E-state index in [1.54, 1.807) is 11.1 Å². The van der Waals surface area contributed by atoms with Gasteiger partial charge in [-0.15, -0.1) is 0 Å². The maximum absolute atomic E-state index is 12.1. The SMILES string of the molecule is C=CC(=O)N(Cc1cnsc1)CC(CC)Oc1cccc(C)c1. The first kappa shape index (κ1) is 17.2. The Morgan fingerprint density at radius 1 is 1.52 bits per heavy atom. The van der Waals surface area contributed by atoms with Crippen molar-refractivity contribution in [3.63, 3.8) is 0 Å². The Hall–Kier alpha value is -2.14. The lowest BCUT2D eigenvalue weighted by Gasteiger charge is -2.26. The average molecular weight is 330 g/mol. The van der Waals surface area contributed by atoms with Crippen molar-refractivity contribution < 1.29 is 9.53 Å². The molecule has 1 atom stereocenters. The van der Waals surface area contributed by atoms with Gasteiger partial charge in [0.1, 0.15) is 11.9 Å². The molecule has 0 saturated carbocycles. The number of carbonyl (C=O) groups is 1. The molecule has 0 saturated heterocycles. The van der Waals surface area contributed by atoms with Crippen LogP contribution in [0.4, 0.5) is 0 Å². The van der Waals surface area contributed by atoms with Crippen molar-refractivity contribution in [1.82, 2.24) is 9.27 Å². The standard InChI is InChI=1S/C18H22N2O2S/c1-4-16(22-17-8-6-7-14(3)9-17)12-20(18(21)5-2)11-15-10-19-23-13-15/h5-10,13,16H,2,4,11-12H2,1,3H3. The van der Waals surface area contributed by atoms with Gasteiger partial charge in [0.25, 0.3) is 0 Å². The lowest BCUT2D eigenvalue weighted by atomic mass is 10.2. The number of hydrogen-bond acceptors (Lipinski definition) is 4. The molecule has 0 spiro atoms. The van der Waals surface area contributed by atoms with E-state index in [1.165, 1.54) is 17.6 Å². The fourth-order valence-corrected chi connectivity index (χ4v) is 2.79. The molecular formula is C18H22N2O2S. The summed E-state index contributed by atoms with van der Waals surface area (Å²) in [5, 5.41) is 1.95. The summed E-state index contributed by atoms with van der Waals surface area (Å²) in [6.07, 6.45) is 3.89. The van der Waals surface area contributed by atoms with Gasteiger partial charge in [-0.2, -0.15) is 0 Å². The van der Waals surface area contributed by atoms with Gasteiger partial charge in [0.05, 0.1) is 6.54 Å². The number of carbonyl (C=O) groups excluding carboxylic acids is 1. The summed E-state index contributed by atoms with van der Waals surface area (Å²) in [4.78, 5) is 13.9. The molecule has 0 fully saturated rings. The molecule has 23 heavy (non-hydrogen) atoms. The van der Waals surface area contributed by atoms with Crippen LogP contribution in [0.25, 0.3) is 0 Å². The third-order valence-electron chi connectivity index (χ3n) is 3.51. The summed E-state index contributed by atoms with van der Waals surface area (Å²) < 4.78 is 10.1. The van der Waals surface area contributed by atoms with Gasteiger partial charge in [0.15, 0.2) is 0 Å². The number of hydrogen-bond donors (Lipinski definition) is 0. The smallest absolute Gasteiger partial charge is 0.246 e. The van der Waals surface area contributed by atoms with E-state index in [0.717, 1.165) is 23.3 Å². The van der Waals surface area contributed by atoms with Crippen molar-refractivity contribution in [3.05, 3.63) is 59.6 Å². The summed E-state index contributed by atoms with van der Waals surface area (Å²) in [5.41, 5.74) is 2.18. The van der Waals surface area contributed by atoms with E-state index in [-0.39, 0.29) is 12.0 Å². The van der Waals surface area contributed by atoms with Crippen molar-refractivity contribution in [3.8, 4) is 5.75 Å². The van der Waals surface area contributed by atoms with Gasteiger partial charge in [-0.25, -0.2) is 4.37 Å². The summed E-state index contributed by atoms with van der Waals surface area (Å²) in [6.45, 7) is 8.73. The van der Waals surface area contributed by atoms with Crippen LogP contribution in [0.5, 0.6) is 5.75 Å². The predicted molar refractivity (Wildman–Crippen MR) is 93.6 cm³/mol. The summed E-state index contributed by atoms with van der Waals surface area (Å²) in [5.74, 6) is 0.738. The summed E-state index contributed by atoms with van der Waals surface area (Å²) >= 11 is 1.38. The number of ether oxygens (including phenoxy) is 1. The fraction of sp³-hybridized carbons (Fsp3) is 0.333. The zero-order valence-corrected chi connectivity index (χ0v) is 14.4. The quantitative estimate of drug-likeness (QED) is 0.691. The van der Waals surface area contributed by atoms with E-state index in [4.69, 9.17) is 4.74 Å². The molecule has 1 amide bonds. The minimum absolute atomic E-state index is 0.0627. The molecule has 0 N–H and O–H groups in total. The molecule has 4 nitrogen and oxygen atoms in total. The van der Waals surface area contributed by atoms with Crippen molar-refractivity contribution in [2.24, 2.45) is 0 Å². The van der Waals surface area contributed by atoms with Crippen LogP contribution in [-0.4, -0.2) is 27.8 Å². The van der Waals surface area contributed by atoms with Crippen molar-refractivity contribution in [1.29, 1.82) is 0 Å². The van der Waals surface area contributed by atoms with Crippen molar-refractivity contribution in [2.45, 2.75) is 32.9 Å². The Morgan fingerprint density at radius 3 is 2.96 bits per heavy atom. The van der Waals surface area contributed by atoms with Crippen LogP contribution < -0.4 is 4.74 Å². The molecule has 2 rings (SSSR count). The van der Waals surface area contributed by atoms with Crippen LogP contribution in [0.3, 0.4) is 0 Å². The second-order valence-corrected chi connectivity index (χ2v) is 6.08. The molecule has 1 unspecified atom stereocenters. The second kappa shape index (κ2) is 8.48. The van der Waals surface area contributed by atoms with E-state index in [9.17, 15) is 4.79 Å². The van der Waals surface area contributed by atoms with Crippen LogP contribution in [0.15, 0.2) is 48.5 Å². The van der Waals surface area contributed by atoms with E-state index in [2.05, 4.69) is 17.9 Å². The highest BCUT2D eigenvalue weighted by Crippen LogP contribution is 2.17. The Balaban J connectivity index is 2.05. The fourth-order valence-electron chi connectivity index (χ4n) is 2.26. The van der Waals surface area contributed by atoms with Gasteiger partial charge in [-0.05, 0) is 48.6 Å². The molecule has 5 heteroatoms. The van der Waals surface area contributed by atoms with Crippen LogP contribution in [-0.2, 0) is 11.3 Å². The number of amides is 1. The normalized spacial score (nSPS) is 11.7. The maximum Gasteiger partial charge on any atom is 0.246 e. The van der Waals surface area contributed by atoms with Gasteiger partial charge in [-0.3, -0.25) is 4.79 Å². The van der Waals surface area contributed by atoms with Gasteiger partial charge < -0.3 is 9.64 Å². The molecule has 1 heterocycles. The highest BCUT2D eigenvalue weighted by atomic mass is 32.1. The van der Waals surface area contributed by atoms with Gasteiger partial charge in [0.2, 0.25) is 5.91 Å². The van der Waals surface area contributed by atoms with E-state index in [1.807, 2.05) is 36.6 Å². The molecule has 0 radical (unpaired) electrons. The molecule has 0 aliphatic rings. The van der Waals surface area contributed by atoms with Gasteiger partial charge in [0, 0.05) is 23.7 Å². The summed E-state index contributed by atoms with van der Waals surface area (Å²) in [6, 6.07) is 7.95. The average Bonchev–Trinajstić information content (AvgIpc) is 3.05. The van der Waals surface area contributed by atoms with Crippen molar-refractivity contribution in [2.75, 3.05) is 6.54 Å². The number of rotatable bonds is 8. The summed E-state index contributed by atoms with van der Waals surface area (Å²) in [7, 11) is 0.